The molecule has 3 nitrogen and oxygen atoms in total. The molecule has 1 rings (SSSR count). The van der Waals surface area contributed by atoms with Crippen molar-refractivity contribution in [3.63, 3.8) is 0 Å². The molecule has 52 valence electrons. The number of hydrogen-bond acceptors (Lipinski definition) is 3. The van der Waals surface area contributed by atoms with Crippen LogP contribution in [0.5, 0.6) is 0 Å². The monoisotopic (exact) mass is 129 g/mol. The summed E-state index contributed by atoms with van der Waals surface area (Å²) in [6.45, 7) is 0.0471. The zero-order valence-corrected chi connectivity index (χ0v) is 5.58. The van der Waals surface area contributed by atoms with Crippen LogP contribution in [0.3, 0.4) is 0 Å². The molecule has 1 heterocycles. The van der Waals surface area contributed by atoms with E-state index >= 15 is 0 Å². The molecule has 0 aromatic carbocycles. The number of aliphatic hydroxyl groups is 1. The smallest absolute Gasteiger partial charge is 0.139 e. The lowest BCUT2D eigenvalue weighted by atomic mass is 9.95. The Bertz CT molecular complexity index is 101. The second-order valence-electron chi connectivity index (χ2n) is 2.57. The molecule has 0 radical (unpaired) electrons. The maximum atomic E-state index is 8.65. The van der Waals surface area contributed by atoms with Gasteiger partial charge in [0.15, 0.2) is 0 Å². The molecule has 0 aliphatic carbocycles. The Morgan fingerprint density at radius 2 is 2.44 bits per heavy atom. The summed E-state index contributed by atoms with van der Waals surface area (Å²) in [5.74, 6) is 0. The molecule has 0 aromatic rings. The summed E-state index contributed by atoms with van der Waals surface area (Å²) < 4.78 is 5.25. The summed E-state index contributed by atoms with van der Waals surface area (Å²) in [6.07, 6.45) is 0.741. The fourth-order valence-electron chi connectivity index (χ4n) is 1.17. The fourth-order valence-corrected chi connectivity index (χ4v) is 1.17. The van der Waals surface area contributed by atoms with Crippen molar-refractivity contribution in [1.82, 2.24) is 0 Å². The van der Waals surface area contributed by atoms with E-state index in [9.17, 15) is 0 Å². The predicted octanol–water partition coefficient (Wildman–Crippen LogP) is -1.95. The van der Waals surface area contributed by atoms with Crippen LogP contribution in [-0.2, 0) is 4.74 Å². The van der Waals surface area contributed by atoms with Gasteiger partial charge in [-0.3, -0.25) is 0 Å². The van der Waals surface area contributed by atoms with Gasteiger partial charge in [-0.25, -0.2) is 0 Å². The van der Waals surface area contributed by atoms with Crippen LogP contribution in [0.15, 0.2) is 0 Å². The lowest BCUT2D eigenvalue weighted by molar-refractivity contribution is 0.0378. The van der Waals surface area contributed by atoms with Gasteiger partial charge < -0.3 is 15.6 Å². The molecule has 1 aliphatic heterocycles. The van der Waals surface area contributed by atoms with Crippen molar-refractivity contribution in [3.8, 4) is 0 Å². The minimum atomic E-state index is -0.125. The molecule has 0 saturated carbocycles. The van der Waals surface area contributed by atoms with Crippen LogP contribution in [-0.4, -0.2) is 37.7 Å². The lowest BCUT2D eigenvalue weighted by Gasteiger charge is -2.09. The Balaban J connectivity index is 2.38. The molecule has 9 heavy (non-hydrogen) atoms. The number of aliphatic hydroxyl groups excluding tert-OH is 1. The summed E-state index contributed by atoms with van der Waals surface area (Å²) in [6, 6.07) is 0.252. The van der Waals surface area contributed by atoms with E-state index in [0.29, 0.717) is 0 Å². The average Bonchev–Trinajstić information content (AvgIpc) is 2.10. The molecule has 1 fully saturated rings. The molecule has 0 aromatic heterocycles. The van der Waals surface area contributed by atoms with Gasteiger partial charge in [-0.1, -0.05) is 0 Å². The Morgan fingerprint density at radius 3 is 2.67 bits per heavy atom. The van der Waals surface area contributed by atoms with Crippen molar-refractivity contribution in [1.29, 1.82) is 0 Å². The number of nitrogens with two attached hydrogens (primary N) is 1. The molecule has 0 spiro atoms. The van der Waals surface area contributed by atoms with E-state index in [1.54, 1.807) is 0 Å². The topological polar surface area (TPSA) is 55.5 Å². The van der Waals surface area contributed by atoms with Gasteiger partial charge in [-0.15, -0.1) is 0 Å². The Morgan fingerprint density at radius 1 is 1.78 bits per heavy atom. The molecule has 3 atom stereocenters. The van der Waals surface area contributed by atoms with E-state index in [4.69, 9.17) is 15.6 Å². The largest absolute Gasteiger partial charge is 0.394 e. The van der Waals surface area contributed by atoms with Crippen molar-refractivity contribution in [2.24, 2.45) is 5.73 Å². The highest BCUT2D eigenvalue weighted by atomic mass is 16.5. The van der Waals surface area contributed by atoms with E-state index in [1.807, 2.05) is 7.85 Å². The van der Waals surface area contributed by atoms with Crippen LogP contribution in [0.2, 0.25) is 0 Å². The standard InChI is InChI=1S/C5H12BNO2/c6-5-1-3(7)4(2-8)9-5/h3-5,8H,1-2,6-7H2/t3-,4+,5+/m0/s1. The lowest BCUT2D eigenvalue weighted by Crippen LogP contribution is -2.32. The van der Waals surface area contributed by atoms with Gasteiger partial charge in [0.1, 0.15) is 7.85 Å². The number of rotatable bonds is 1. The van der Waals surface area contributed by atoms with Crippen molar-refractivity contribution in [3.05, 3.63) is 0 Å². The second-order valence-corrected chi connectivity index (χ2v) is 2.57. The quantitative estimate of drug-likeness (QED) is 0.404. The van der Waals surface area contributed by atoms with Gasteiger partial charge >= 0.3 is 0 Å². The van der Waals surface area contributed by atoms with Gasteiger partial charge in [-0.2, -0.15) is 0 Å². The molecule has 0 unspecified atom stereocenters. The predicted molar refractivity (Wildman–Crippen MR) is 36.9 cm³/mol. The van der Waals surface area contributed by atoms with E-state index in [1.165, 1.54) is 0 Å². The van der Waals surface area contributed by atoms with Crippen molar-refractivity contribution in [2.75, 3.05) is 6.61 Å². The average molecular weight is 129 g/mol. The van der Waals surface area contributed by atoms with E-state index in [2.05, 4.69) is 0 Å². The van der Waals surface area contributed by atoms with Crippen LogP contribution in [0.4, 0.5) is 0 Å². The van der Waals surface area contributed by atoms with Gasteiger partial charge in [0.25, 0.3) is 0 Å². The van der Waals surface area contributed by atoms with Gasteiger partial charge in [0.05, 0.1) is 12.7 Å². The highest BCUT2D eigenvalue weighted by Crippen LogP contribution is 2.15. The third-order valence-electron chi connectivity index (χ3n) is 1.67. The highest BCUT2D eigenvalue weighted by Gasteiger charge is 2.28. The molecule has 0 bridgehead atoms. The third-order valence-corrected chi connectivity index (χ3v) is 1.67. The summed E-state index contributed by atoms with van der Waals surface area (Å²) in [5, 5.41) is 8.65. The molecule has 0 amide bonds. The summed E-state index contributed by atoms with van der Waals surface area (Å²) in [7, 11) is 1.97. The van der Waals surface area contributed by atoms with Gasteiger partial charge in [-0.05, 0) is 6.42 Å². The zero-order valence-electron chi connectivity index (χ0n) is 5.58. The van der Waals surface area contributed by atoms with Crippen molar-refractivity contribution in [2.45, 2.75) is 24.6 Å². The van der Waals surface area contributed by atoms with Crippen LogP contribution >= 0.6 is 0 Å². The van der Waals surface area contributed by atoms with Crippen molar-refractivity contribution >= 4 is 7.85 Å². The van der Waals surface area contributed by atoms with E-state index in [-0.39, 0.29) is 24.8 Å². The molecular weight excluding hydrogens is 117 g/mol. The SMILES string of the molecule is B[C@H]1C[C@H](N)[C@@H](CO)O1. The normalized spacial score (nSPS) is 43.6. The summed E-state index contributed by atoms with van der Waals surface area (Å²) in [5.41, 5.74) is 5.59. The highest BCUT2D eigenvalue weighted by molar-refractivity contribution is 6.11. The first-order valence-electron chi connectivity index (χ1n) is 3.26. The Labute approximate surface area is 55.6 Å². The van der Waals surface area contributed by atoms with Crippen LogP contribution < -0.4 is 5.73 Å². The van der Waals surface area contributed by atoms with Gasteiger partial charge in [0.2, 0.25) is 0 Å². The van der Waals surface area contributed by atoms with E-state index in [0.717, 1.165) is 6.42 Å². The first-order chi connectivity index (χ1) is 4.24. The maximum absolute atomic E-state index is 8.65. The number of hydrogen-bond donors (Lipinski definition) is 2. The first-order valence-corrected chi connectivity index (χ1v) is 3.26. The minimum Gasteiger partial charge on any atom is -0.394 e. The summed E-state index contributed by atoms with van der Waals surface area (Å²) >= 11 is 0. The molecular formula is C5H12BNO2. The van der Waals surface area contributed by atoms with Crippen LogP contribution in [0, 0.1) is 0 Å². The summed E-state index contributed by atoms with van der Waals surface area (Å²) in [4.78, 5) is 0. The molecule has 3 N–H and O–H groups in total. The third kappa shape index (κ3) is 1.44. The maximum Gasteiger partial charge on any atom is 0.139 e. The fraction of sp³-hybridized carbons (Fsp3) is 1.00. The van der Waals surface area contributed by atoms with Crippen molar-refractivity contribution < 1.29 is 9.84 Å². The Hall–Kier alpha value is -0.0551. The molecule has 1 saturated heterocycles. The zero-order chi connectivity index (χ0) is 6.85. The van der Waals surface area contributed by atoms with Crippen LogP contribution in [0.25, 0.3) is 0 Å². The van der Waals surface area contributed by atoms with E-state index < -0.39 is 0 Å². The van der Waals surface area contributed by atoms with Crippen LogP contribution in [0.1, 0.15) is 6.42 Å². The first kappa shape index (κ1) is 7.06. The van der Waals surface area contributed by atoms with Gasteiger partial charge in [0, 0.05) is 12.0 Å². The molecule has 4 heteroatoms. The molecule has 1 aliphatic rings. The Kier molecular flexibility index (Phi) is 2.11. The second kappa shape index (κ2) is 2.69. The minimum absolute atomic E-state index is 0.0324. The number of ether oxygens (including phenoxy) is 1.